The molecule has 0 radical (unpaired) electrons. The number of aliphatic hydroxyl groups is 1. The van der Waals surface area contributed by atoms with Crippen LogP contribution in [0.4, 0.5) is 0 Å². The number of hydrogen-bond donors (Lipinski definition) is 1. The van der Waals surface area contributed by atoms with Crippen molar-refractivity contribution in [3.63, 3.8) is 0 Å². The molecule has 3 unspecified atom stereocenters. The Hall–Kier alpha value is -1.26. The fourth-order valence-corrected chi connectivity index (χ4v) is 2.53. The van der Waals surface area contributed by atoms with Gasteiger partial charge in [-0.2, -0.15) is 0 Å². The smallest absolute Gasteiger partial charge is 0.161 e. The first-order valence-corrected chi connectivity index (χ1v) is 6.89. The van der Waals surface area contributed by atoms with Crippen molar-refractivity contribution in [2.24, 2.45) is 11.8 Å². The molecule has 0 aromatic heterocycles. The lowest BCUT2D eigenvalue weighted by Gasteiger charge is -2.18. The van der Waals surface area contributed by atoms with Crippen LogP contribution in [0.2, 0.25) is 0 Å². The highest BCUT2D eigenvalue weighted by molar-refractivity contribution is 5.44. The molecule has 4 nitrogen and oxygen atoms in total. The Balaban J connectivity index is 1.80. The Labute approximate surface area is 113 Å². The van der Waals surface area contributed by atoms with Gasteiger partial charge in [0.1, 0.15) is 0 Å². The summed E-state index contributed by atoms with van der Waals surface area (Å²) in [4.78, 5) is 0. The number of hydrogen-bond acceptors (Lipinski definition) is 4. The van der Waals surface area contributed by atoms with Crippen LogP contribution in [0.3, 0.4) is 0 Å². The first-order valence-electron chi connectivity index (χ1n) is 6.89. The van der Waals surface area contributed by atoms with Crippen molar-refractivity contribution >= 4 is 0 Å². The molecule has 1 N–H and O–H groups in total. The van der Waals surface area contributed by atoms with Gasteiger partial charge in [-0.3, -0.25) is 0 Å². The van der Waals surface area contributed by atoms with Gasteiger partial charge in [-0.05, 0) is 24.1 Å². The number of aliphatic hydroxyl groups excluding tert-OH is 1. The van der Waals surface area contributed by atoms with Crippen molar-refractivity contribution in [1.82, 2.24) is 0 Å². The first-order chi connectivity index (χ1) is 9.24. The summed E-state index contributed by atoms with van der Waals surface area (Å²) < 4.78 is 16.8. The van der Waals surface area contributed by atoms with Gasteiger partial charge in [-0.25, -0.2) is 0 Å². The van der Waals surface area contributed by atoms with Gasteiger partial charge in [0.15, 0.2) is 11.5 Å². The second-order valence-electron chi connectivity index (χ2n) is 5.50. The predicted octanol–water partition coefficient (Wildman–Crippen LogP) is 2.16. The zero-order valence-electron chi connectivity index (χ0n) is 11.2. The minimum absolute atomic E-state index is 0.184. The van der Waals surface area contributed by atoms with Crippen LogP contribution in [0.25, 0.3) is 0 Å². The topological polar surface area (TPSA) is 47.9 Å². The molecule has 0 aliphatic carbocycles. The lowest BCUT2D eigenvalue weighted by atomic mass is 9.95. The average Bonchev–Trinajstić information content (AvgIpc) is 2.90. The fourth-order valence-electron chi connectivity index (χ4n) is 2.53. The summed E-state index contributed by atoms with van der Waals surface area (Å²) in [5, 5.41) is 10.4. The van der Waals surface area contributed by atoms with Gasteiger partial charge in [-0.15, -0.1) is 0 Å². The molecule has 0 amide bonds. The van der Waals surface area contributed by atoms with Crippen LogP contribution in [0.15, 0.2) is 18.2 Å². The van der Waals surface area contributed by atoms with Gasteiger partial charge >= 0.3 is 0 Å². The number of rotatable bonds is 2. The van der Waals surface area contributed by atoms with E-state index in [1.54, 1.807) is 0 Å². The summed E-state index contributed by atoms with van der Waals surface area (Å²) in [5.74, 6) is 2.07. The largest absolute Gasteiger partial charge is 0.489 e. The lowest BCUT2D eigenvalue weighted by Crippen LogP contribution is -2.13. The van der Waals surface area contributed by atoms with Crippen LogP contribution in [-0.2, 0) is 4.74 Å². The van der Waals surface area contributed by atoms with Crippen molar-refractivity contribution in [2.45, 2.75) is 19.4 Å². The highest BCUT2D eigenvalue weighted by Gasteiger charge is 2.26. The van der Waals surface area contributed by atoms with E-state index in [0.29, 0.717) is 25.7 Å². The Morgan fingerprint density at radius 1 is 1.16 bits per heavy atom. The monoisotopic (exact) mass is 264 g/mol. The lowest BCUT2D eigenvalue weighted by molar-refractivity contribution is 0.0915. The third-order valence-electron chi connectivity index (χ3n) is 3.77. The van der Waals surface area contributed by atoms with Gasteiger partial charge in [-0.1, -0.05) is 13.0 Å². The van der Waals surface area contributed by atoms with E-state index in [4.69, 9.17) is 14.2 Å². The molecule has 3 atom stereocenters. The number of ether oxygens (including phenoxy) is 3. The highest BCUT2D eigenvalue weighted by Crippen LogP contribution is 2.36. The third-order valence-corrected chi connectivity index (χ3v) is 3.77. The van der Waals surface area contributed by atoms with E-state index in [1.807, 2.05) is 18.2 Å². The fraction of sp³-hybridized carbons (Fsp3) is 0.600. The molecule has 1 saturated heterocycles. The molecule has 0 saturated carbocycles. The normalized spacial score (nSPS) is 27.9. The van der Waals surface area contributed by atoms with E-state index in [0.717, 1.165) is 30.1 Å². The molecule has 3 rings (SSSR count). The second kappa shape index (κ2) is 5.39. The molecular weight excluding hydrogens is 244 g/mol. The zero-order chi connectivity index (χ0) is 13.2. The molecule has 4 heteroatoms. The molecule has 1 aromatic carbocycles. The van der Waals surface area contributed by atoms with E-state index >= 15 is 0 Å². The minimum Gasteiger partial charge on any atom is -0.489 e. The van der Waals surface area contributed by atoms with Crippen LogP contribution in [0.5, 0.6) is 11.5 Å². The van der Waals surface area contributed by atoms with Gasteiger partial charge in [0, 0.05) is 18.4 Å². The van der Waals surface area contributed by atoms with E-state index in [-0.39, 0.29) is 5.92 Å². The summed E-state index contributed by atoms with van der Waals surface area (Å²) in [6.07, 6.45) is 0.421. The number of benzene rings is 1. The standard InChI is InChI=1S/C15H20O4/c1-10-7-18-13-3-2-11(6-14(13)19-8-10)15(16)12-4-5-17-9-12/h2-3,6,10,12,15-16H,4-5,7-9H2,1H3. The van der Waals surface area contributed by atoms with E-state index in [1.165, 1.54) is 0 Å². The maximum Gasteiger partial charge on any atom is 0.161 e. The molecule has 19 heavy (non-hydrogen) atoms. The van der Waals surface area contributed by atoms with Crippen LogP contribution >= 0.6 is 0 Å². The molecule has 0 bridgehead atoms. The van der Waals surface area contributed by atoms with Gasteiger partial charge < -0.3 is 19.3 Å². The third kappa shape index (κ3) is 2.69. The summed E-state index contributed by atoms with van der Waals surface area (Å²) in [6, 6.07) is 5.71. The average molecular weight is 264 g/mol. The van der Waals surface area contributed by atoms with Crippen molar-refractivity contribution in [3.8, 4) is 11.5 Å². The predicted molar refractivity (Wildman–Crippen MR) is 70.5 cm³/mol. The summed E-state index contributed by atoms with van der Waals surface area (Å²) in [6.45, 7) is 4.79. The molecule has 0 spiro atoms. The van der Waals surface area contributed by atoms with Crippen molar-refractivity contribution < 1.29 is 19.3 Å². The first kappa shape index (κ1) is 12.8. The Bertz CT molecular complexity index is 440. The molecule has 2 aliphatic rings. The zero-order valence-corrected chi connectivity index (χ0v) is 11.2. The SMILES string of the molecule is CC1COc2ccc(C(O)C3CCOC3)cc2OC1. The Kier molecular flexibility index (Phi) is 3.62. The van der Waals surface area contributed by atoms with Crippen LogP contribution in [0.1, 0.15) is 25.0 Å². The molecule has 104 valence electrons. The highest BCUT2D eigenvalue weighted by atomic mass is 16.5. The maximum absolute atomic E-state index is 10.4. The quantitative estimate of drug-likeness (QED) is 0.889. The molecule has 2 heterocycles. The number of fused-ring (bicyclic) bond motifs is 1. The van der Waals surface area contributed by atoms with Gasteiger partial charge in [0.05, 0.1) is 25.9 Å². The maximum atomic E-state index is 10.4. The molecular formula is C15H20O4. The van der Waals surface area contributed by atoms with E-state index < -0.39 is 6.10 Å². The van der Waals surface area contributed by atoms with E-state index in [2.05, 4.69) is 6.92 Å². The minimum atomic E-state index is -0.489. The van der Waals surface area contributed by atoms with Crippen molar-refractivity contribution in [1.29, 1.82) is 0 Å². The van der Waals surface area contributed by atoms with Crippen molar-refractivity contribution in [2.75, 3.05) is 26.4 Å². The van der Waals surface area contributed by atoms with Gasteiger partial charge in [0.2, 0.25) is 0 Å². The Morgan fingerprint density at radius 2 is 1.95 bits per heavy atom. The summed E-state index contributed by atoms with van der Waals surface area (Å²) in [7, 11) is 0. The summed E-state index contributed by atoms with van der Waals surface area (Å²) >= 11 is 0. The summed E-state index contributed by atoms with van der Waals surface area (Å²) in [5.41, 5.74) is 0.882. The molecule has 1 fully saturated rings. The van der Waals surface area contributed by atoms with Crippen LogP contribution in [-0.4, -0.2) is 31.5 Å². The van der Waals surface area contributed by atoms with Crippen LogP contribution in [0, 0.1) is 11.8 Å². The van der Waals surface area contributed by atoms with Gasteiger partial charge in [0.25, 0.3) is 0 Å². The second-order valence-corrected chi connectivity index (χ2v) is 5.50. The van der Waals surface area contributed by atoms with Crippen LogP contribution < -0.4 is 9.47 Å². The van der Waals surface area contributed by atoms with Crippen molar-refractivity contribution in [3.05, 3.63) is 23.8 Å². The van der Waals surface area contributed by atoms with E-state index in [9.17, 15) is 5.11 Å². The molecule has 2 aliphatic heterocycles. The molecule has 1 aromatic rings. The Morgan fingerprint density at radius 3 is 2.68 bits per heavy atom.